The molecule has 0 fully saturated rings. The lowest BCUT2D eigenvalue weighted by molar-refractivity contribution is -0.139. The van der Waals surface area contributed by atoms with E-state index in [-0.39, 0.29) is 23.8 Å². The van der Waals surface area contributed by atoms with E-state index in [1.807, 2.05) is 31.2 Å². The lowest BCUT2D eigenvalue weighted by Gasteiger charge is -2.28. The Morgan fingerprint density at radius 3 is 2.66 bits per heavy atom. The van der Waals surface area contributed by atoms with Crippen LogP contribution in [0.3, 0.4) is 0 Å². The van der Waals surface area contributed by atoms with E-state index in [1.165, 1.54) is 31.0 Å². The van der Waals surface area contributed by atoms with Crippen molar-refractivity contribution in [2.75, 3.05) is 19.0 Å². The Bertz CT molecular complexity index is 1710. The van der Waals surface area contributed by atoms with Crippen LogP contribution >= 0.6 is 50.9 Å². The minimum Gasteiger partial charge on any atom is -0.493 e. The standard InChI is InChI=1S/C31H28BrCl2FN4O4S/c1-4-12-42-29(40)26-17(2)36-30-37-31(44-16-18-8-5-6-9-22(18)33)38-39(30)27(26)19-13-21(32)28(25(14-19)41-3)43-15-20-23(34)10-7-11-24(20)35/h5-11,13-14,27H,4,12,15-16H2,1-3H3,(H,36,37,38). The number of methoxy groups -OCH3 is 1. The van der Waals surface area contributed by atoms with Crippen LogP contribution in [-0.4, -0.2) is 34.5 Å². The Morgan fingerprint density at radius 1 is 1.16 bits per heavy atom. The fourth-order valence-corrected chi connectivity index (χ4v) is 6.55. The van der Waals surface area contributed by atoms with Gasteiger partial charge in [0, 0.05) is 22.0 Å². The highest BCUT2D eigenvalue weighted by atomic mass is 79.9. The van der Waals surface area contributed by atoms with E-state index in [0.29, 0.717) is 61.1 Å². The molecule has 1 aliphatic heterocycles. The van der Waals surface area contributed by atoms with Crippen molar-refractivity contribution >= 4 is 62.8 Å². The number of thioether (sulfide) groups is 1. The maximum Gasteiger partial charge on any atom is 0.338 e. The third-order valence-corrected chi connectivity index (χ3v) is 8.99. The van der Waals surface area contributed by atoms with E-state index in [0.717, 1.165) is 5.56 Å². The van der Waals surface area contributed by atoms with Crippen molar-refractivity contribution < 1.29 is 23.4 Å². The van der Waals surface area contributed by atoms with Crippen LogP contribution < -0.4 is 14.8 Å². The Labute approximate surface area is 277 Å². The summed E-state index contributed by atoms with van der Waals surface area (Å²) in [6, 6.07) is 14.9. The van der Waals surface area contributed by atoms with E-state index in [4.69, 9.17) is 47.5 Å². The predicted molar refractivity (Wildman–Crippen MR) is 173 cm³/mol. The monoisotopic (exact) mass is 720 g/mol. The second-order valence-electron chi connectivity index (χ2n) is 9.77. The molecule has 4 aromatic rings. The Kier molecular flexibility index (Phi) is 10.4. The highest BCUT2D eigenvalue weighted by Gasteiger charge is 2.36. The number of carbonyl (C=O) groups excluding carboxylic acids is 1. The minimum atomic E-state index is -0.710. The van der Waals surface area contributed by atoms with E-state index >= 15 is 0 Å². The van der Waals surface area contributed by atoms with Crippen molar-refractivity contribution in [1.29, 1.82) is 0 Å². The summed E-state index contributed by atoms with van der Waals surface area (Å²) in [6.07, 6.45) is 0.672. The third-order valence-electron chi connectivity index (χ3n) is 6.79. The van der Waals surface area contributed by atoms with Gasteiger partial charge in [-0.25, -0.2) is 13.9 Å². The summed E-state index contributed by atoms with van der Waals surface area (Å²) in [6.45, 7) is 3.87. The van der Waals surface area contributed by atoms with Crippen LogP contribution in [0.1, 0.15) is 43.0 Å². The lowest BCUT2D eigenvalue weighted by Crippen LogP contribution is -2.30. The molecule has 0 amide bonds. The quantitative estimate of drug-likeness (QED) is 0.122. The molecule has 8 nitrogen and oxygen atoms in total. The van der Waals surface area contributed by atoms with Gasteiger partial charge in [-0.05, 0) is 70.7 Å². The highest BCUT2D eigenvalue weighted by Crippen LogP contribution is 2.44. The minimum absolute atomic E-state index is 0.125. The first-order chi connectivity index (χ1) is 21.2. The number of rotatable bonds is 11. The van der Waals surface area contributed by atoms with Gasteiger partial charge < -0.3 is 19.5 Å². The van der Waals surface area contributed by atoms with Crippen LogP contribution in [-0.2, 0) is 21.9 Å². The number of anilines is 1. The number of fused-ring (bicyclic) bond motifs is 1. The SMILES string of the molecule is CCCOC(=O)C1=C(C)Nc2nc(SCc3ccccc3Cl)nn2C1c1cc(Br)c(OCc2c(F)cccc2Cl)c(OC)c1. The second kappa shape index (κ2) is 14.2. The highest BCUT2D eigenvalue weighted by molar-refractivity contribution is 9.10. The molecule has 230 valence electrons. The summed E-state index contributed by atoms with van der Waals surface area (Å²) in [5.74, 6) is 0.771. The molecule has 1 unspecified atom stereocenters. The summed E-state index contributed by atoms with van der Waals surface area (Å²) in [4.78, 5) is 18.1. The zero-order chi connectivity index (χ0) is 31.4. The van der Waals surface area contributed by atoms with Crippen molar-refractivity contribution in [2.24, 2.45) is 0 Å². The first-order valence-corrected chi connectivity index (χ1v) is 16.2. The van der Waals surface area contributed by atoms with Crippen LogP contribution in [0.25, 0.3) is 0 Å². The smallest absolute Gasteiger partial charge is 0.338 e. The van der Waals surface area contributed by atoms with Gasteiger partial charge >= 0.3 is 5.97 Å². The maximum atomic E-state index is 14.4. The lowest BCUT2D eigenvalue weighted by atomic mass is 9.95. The molecular formula is C31H28BrCl2FN4O4S. The molecular weight excluding hydrogens is 694 g/mol. The van der Waals surface area contributed by atoms with Gasteiger partial charge in [0.1, 0.15) is 18.5 Å². The number of benzene rings is 3. The molecule has 0 saturated heterocycles. The normalized spacial score (nSPS) is 14.2. The van der Waals surface area contributed by atoms with Gasteiger partial charge in [0.05, 0.1) is 28.8 Å². The van der Waals surface area contributed by atoms with Gasteiger partial charge in [0.15, 0.2) is 11.5 Å². The molecule has 0 spiro atoms. The average Bonchev–Trinajstić information content (AvgIpc) is 3.41. The zero-order valence-corrected chi connectivity index (χ0v) is 27.9. The molecule has 1 atom stereocenters. The maximum absolute atomic E-state index is 14.4. The fourth-order valence-electron chi connectivity index (χ4n) is 4.65. The first kappa shape index (κ1) is 32.2. The Hall–Kier alpha value is -3.25. The molecule has 5 rings (SSSR count). The number of ether oxygens (including phenoxy) is 3. The van der Waals surface area contributed by atoms with E-state index in [2.05, 4.69) is 21.2 Å². The molecule has 0 radical (unpaired) electrons. The first-order valence-electron chi connectivity index (χ1n) is 13.6. The summed E-state index contributed by atoms with van der Waals surface area (Å²) >= 11 is 17.6. The summed E-state index contributed by atoms with van der Waals surface area (Å²) < 4.78 is 33.9. The molecule has 3 aromatic carbocycles. The van der Waals surface area contributed by atoms with Gasteiger partial charge in [0.2, 0.25) is 11.1 Å². The molecule has 1 aliphatic rings. The number of nitrogens with zero attached hydrogens (tertiary/aromatic N) is 3. The molecule has 2 heterocycles. The number of carbonyl (C=O) groups is 1. The average molecular weight is 722 g/mol. The molecule has 0 saturated carbocycles. The number of hydrogen-bond donors (Lipinski definition) is 1. The number of aromatic nitrogens is 3. The van der Waals surface area contributed by atoms with Gasteiger partial charge in [-0.3, -0.25) is 0 Å². The van der Waals surface area contributed by atoms with Gasteiger partial charge in [-0.2, -0.15) is 4.98 Å². The molecule has 13 heteroatoms. The Balaban J connectivity index is 1.52. The number of halogens is 4. The van der Waals surface area contributed by atoms with Crippen LogP contribution in [0.15, 0.2) is 75.5 Å². The summed E-state index contributed by atoms with van der Waals surface area (Å²) in [5, 5.41) is 9.41. The van der Waals surface area contributed by atoms with Crippen molar-refractivity contribution in [3.63, 3.8) is 0 Å². The number of nitrogens with one attached hydrogen (secondary N) is 1. The molecule has 1 N–H and O–H groups in total. The van der Waals surface area contributed by atoms with E-state index in [9.17, 15) is 9.18 Å². The fraction of sp³-hybridized carbons (Fsp3) is 0.258. The van der Waals surface area contributed by atoms with Crippen LogP contribution in [0, 0.1) is 5.82 Å². The summed E-state index contributed by atoms with van der Waals surface area (Å²) in [7, 11) is 1.50. The largest absolute Gasteiger partial charge is 0.493 e. The van der Waals surface area contributed by atoms with Crippen molar-refractivity contribution in [3.8, 4) is 11.5 Å². The summed E-state index contributed by atoms with van der Waals surface area (Å²) in [5.41, 5.74) is 2.79. The molecule has 0 bridgehead atoms. The van der Waals surface area contributed by atoms with Crippen molar-refractivity contribution in [3.05, 3.63) is 103 Å². The van der Waals surface area contributed by atoms with Crippen LogP contribution in [0.2, 0.25) is 10.0 Å². The predicted octanol–water partition coefficient (Wildman–Crippen LogP) is 8.61. The number of esters is 1. The van der Waals surface area contributed by atoms with Crippen LogP contribution in [0.4, 0.5) is 10.3 Å². The van der Waals surface area contributed by atoms with E-state index < -0.39 is 17.8 Å². The molecule has 44 heavy (non-hydrogen) atoms. The number of allylic oxidation sites excluding steroid dienone is 1. The molecule has 0 aliphatic carbocycles. The molecule has 1 aromatic heterocycles. The van der Waals surface area contributed by atoms with Crippen molar-refractivity contribution in [1.82, 2.24) is 14.8 Å². The third kappa shape index (κ3) is 6.86. The van der Waals surface area contributed by atoms with Gasteiger partial charge in [-0.1, -0.05) is 66.2 Å². The topological polar surface area (TPSA) is 87.5 Å². The van der Waals surface area contributed by atoms with Crippen molar-refractivity contribution in [2.45, 2.75) is 43.8 Å². The second-order valence-corrected chi connectivity index (χ2v) is 12.4. The van der Waals surface area contributed by atoms with E-state index in [1.54, 1.807) is 29.8 Å². The Morgan fingerprint density at radius 2 is 1.93 bits per heavy atom. The zero-order valence-electron chi connectivity index (χ0n) is 24.0. The van der Waals surface area contributed by atoms with Crippen LogP contribution in [0.5, 0.6) is 11.5 Å². The number of hydrogen-bond acceptors (Lipinski definition) is 8. The van der Waals surface area contributed by atoms with Gasteiger partial charge in [0.25, 0.3) is 0 Å². The van der Waals surface area contributed by atoms with Gasteiger partial charge in [-0.15, -0.1) is 5.10 Å².